The highest BCUT2D eigenvalue weighted by Crippen LogP contribution is 2.24. The second-order valence-corrected chi connectivity index (χ2v) is 8.94. The van der Waals surface area contributed by atoms with Gasteiger partial charge in [-0.25, -0.2) is 18.5 Å². The molecule has 1 unspecified atom stereocenters. The van der Waals surface area contributed by atoms with E-state index in [1.807, 2.05) is 37.1 Å². The quantitative estimate of drug-likeness (QED) is 0.542. The summed E-state index contributed by atoms with van der Waals surface area (Å²) in [5, 5.41) is 10.2. The molecule has 1 aromatic heterocycles. The first-order valence-corrected chi connectivity index (χ1v) is 11.1. The van der Waals surface area contributed by atoms with Gasteiger partial charge < -0.3 is 16.0 Å². The van der Waals surface area contributed by atoms with Gasteiger partial charge in [-0.05, 0) is 55.3 Å². The Morgan fingerprint density at radius 1 is 1.10 bits per heavy atom. The number of anilines is 4. The van der Waals surface area contributed by atoms with Crippen LogP contribution in [0.15, 0.2) is 58.5 Å². The van der Waals surface area contributed by atoms with E-state index < -0.39 is 10.0 Å². The number of aryl methyl sites for hydroxylation is 1. The summed E-state index contributed by atoms with van der Waals surface area (Å²) in [5.41, 5.74) is 9.05. The molecule has 4 rings (SSSR count). The van der Waals surface area contributed by atoms with E-state index in [9.17, 15) is 8.42 Å². The lowest BCUT2D eigenvalue weighted by molar-refractivity contribution is 0.597. The van der Waals surface area contributed by atoms with Gasteiger partial charge in [-0.3, -0.25) is 4.99 Å². The Balaban J connectivity index is 1.63. The number of sulfonamides is 1. The molecule has 9 nitrogen and oxygen atoms in total. The standard InChI is InChI=1S/C21H23N7O2S/c1-12-4-5-14(10-18(12)31(23,29)30)25-21-24-9-8-19(27-21)28(3)15-6-7-16-13(2)20(22)26-17(16)11-15/h4-11,20H,22H2,1-3H3,(H2,23,29,30)(H,24,25,27). The normalized spacial score (nSPS) is 15.4. The van der Waals surface area contributed by atoms with Crippen molar-refractivity contribution in [1.29, 1.82) is 0 Å². The molecule has 1 aliphatic rings. The monoisotopic (exact) mass is 437 g/mol. The van der Waals surface area contributed by atoms with E-state index >= 15 is 0 Å². The van der Waals surface area contributed by atoms with Gasteiger partial charge in [0, 0.05) is 29.8 Å². The first-order valence-electron chi connectivity index (χ1n) is 9.55. The smallest absolute Gasteiger partial charge is 0.238 e. The molecule has 10 heteroatoms. The maximum absolute atomic E-state index is 11.8. The number of nitrogens with two attached hydrogens (primary N) is 2. The Hall–Kier alpha value is -3.34. The van der Waals surface area contributed by atoms with Crippen molar-refractivity contribution >= 4 is 38.7 Å². The maximum atomic E-state index is 11.8. The Labute approximate surface area is 180 Å². The Kier molecular flexibility index (Phi) is 5.21. The number of benzene rings is 2. The summed E-state index contributed by atoms with van der Waals surface area (Å²) >= 11 is 0. The van der Waals surface area contributed by atoms with Gasteiger partial charge in [-0.1, -0.05) is 12.1 Å². The van der Waals surface area contributed by atoms with E-state index in [4.69, 9.17) is 10.9 Å². The van der Waals surface area contributed by atoms with Crippen molar-refractivity contribution in [2.24, 2.45) is 15.9 Å². The van der Waals surface area contributed by atoms with Crippen LogP contribution < -0.4 is 31.7 Å². The molecule has 0 fully saturated rings. The second kappa shape index (κ2) is 7.73. The van der Waals surface area contributed by atoms with Gasteiger partial charge >= 0.3 is 0 Å². The number of aromatic nitrogens is 2. The van der Waals surface area contributed by atoms with Gasteiger partial charge in [-0.2, -0.15) is 4.98 Å². The van der Waals surface area contributed by atoms with Gasteiger partial charge in [0.1, 0.15) is 12.0 Å². The lowest BCUT2D eigenvalue weighted by atomic mass is 10.1. The summed E-state index contributed by atoms with van der Waals surface area (Å²) in [6.45, 7) is 3.67. The Morgan fingerprint density at radius 2 is 1.87 bits per heavy atom. The van der Waals surface area contributed by atoms with Crippen LogP contribution in [0.5, 0.6) is 0 Å². The summed E-state index contributed by atoms with van der Waals surface area (Å²) < 4.78 is 23.5. The predicted octanol–water partition coefficient (Wildman–Crippen LogP) is 1.03. The third kappa shape index (κ3) is 4.13. The molecule has 31 heavy (non-hydrogen) atoms. The molecule has 0 spiro atoms. The van der Waals surface area contributed by atoms with E-state index in [0.29, 0.717) is 23.0 Å². The minimum Gasteiger partial charge on any atom is -0.329 e. The van der Waals surface area contributed by atoms with Crippen LogP contribution in [-0.2, 0) is 10.0 Å². The molecular formula is C21H23N7O2S. The minimum absolute atomic E-state index is 0.0537. The van der Waals surface area contributed by atoms with Crippen molar-refractivity contribution in [3.63, 3.8) is 0 Å². The zero-order chi connectivity index (χ0) is 22.3. The van der Waals surface area contributed by atoms with E-state index in [-0.39, 0.29) is 11.1 Å². The number of nitrogens with one attached hydrogen (secondary N) is 1. The lowest BCUT2D eigenvalue weighted by Gasteiger charge is -2.19. The van der Waals surface area contributed by atoms with Crippen LogP contribution in [0.2, 0.25) is 0 Å². The Bertz CT molecular complexity index is 1400. The number of hydrogen-bond donors (Lipinski definition) is 3. The minimum atomic E-state index is -3.83. The molecule has 160 valence electrons. The van der Waals surface area contributed by atoms with Crippen LogP contribution in [0.4, 0.5) is 23.1 Å². The van der Waals surface area contributed by atoms with Gasteiger partial charge in [0.2, 0.25) is 16.0 Å². The highest BCUT2D eigenvalue weighted by molar-refractivity contribution is 7.89. The number of nitrogens with zero attached hydrogens (tertiary/aromatic N) is 4. The first-order chi connectivity index (χ1) is 14.6. The van der Waals surface area contributed by atoms with E-state index in [0.717, 1.165) is 21.8 Å². The van der Waals surface area contributed by atoms with Gasteiger partial charge in [-0.15, -0.1) is 0 Å². The third-order valence-corrected chi connectivity index (χ3v) is 6.30. The fourth-order valence-corrected chi connectivity index (χ4v) is 4.22. The van der Waals surface area contributed by atoms with Gasteiger partial charge in [0.05, 0.1) is 10.3 Å². The van der Waals surface area contributed by atoms with Gasteiger partial charge in [0.25, 0.3) is 0 Å². The van der Waals surface area contributed by atoms with Crippen molar-refractivity contribution in [3.05, 3.63) is 64.8 Å². The zero-order valence-electron chi connectivity index (χ0n) is 17.4. The summed E-state index contributed by atoms with van der Waals surface area (Å²) in [5.74, 6) is 0.977. The summed E-state index contributed by atoms with van der Waals surface area (Å²) in [6, 6.07) is 12.6. The fourth-order valence-electron chi connectivity index (χ4n) is 3.42. The molecule has 2 heterocycles. The van der Waals surface area contributed by atoms with E-state index in [1.165, 1.54) is 6.07 Å². The molecule has 0 saturated heterocycles. The highest BCUT2D eigenvalue weighted by atomic mass is 32.2. The highest BCUT2D eigenvalue weighted by Gasteiger charge is 2.15. The number of hydrogen-bond acceptors (Lipinski definition) is 8. The third-order valence-electron chi connectivity index (χ3n) is 5.25. The fraction of sp³-hybridized carbons (Fsp3) is 0.190. The topological polar surface area (TPSA) is 140 Å². The predicted molar refractivity (Wildman–Crippen MR) is 120 cm³/mol. The molecule has 0 saturated carbocycles. The lowest BCUT2D eigenvalue weighted by Crippen LogP contribution is -2.24. The van der Waals surface area contributed by atoms with Crippen LogP contribution in [0.3, 0.4) is 0 Å². The van der Waals surface area contributed by atoms with Crippen LogP contribution in [0.1, 0.15) is 12.5 Å². The average molecular weight is 438 g/mol. The van der Waals surface area contributed by atoms with Gasteiger partial charge in [0.15, 0.2) is 0 Å². The molecule has 2 aromatic carbocycles. The summed E-state index contributed by atoms with van der Waals surface area (Å²) in [6.07, 6.45) is 1.32. The second-order valence-electron chi connectivity index (χ2n) is 7.41. The zero-order valence-corrected chi connectivity index (χ0v) is 18.2. The molecule has 1 aliphatic heterocycles. The van der Waals surface area contributed by atoms with Crippen LogP contribution in [0.25, 0.3) is 5.57 Å². The molecule has 0 bridgehead atoms. The van der Waals surface area contributed by atoms with Crippen molar-refractivity contribution < 1.29 is 8.42 Å². The van der Waals surface area contributed by atoms with Crippen molar-refractivity contribution in [1.82, 2.24) is 9.97 Å². The SMILES string of the molecule is CC1=c2ccc(N(C)c3ccnc(Nc4ccc(C)c(S(N)(=O)=O)c4)n3)cc2=NC1N. The summed E-state index contributed by atoms with van der Waals surface area (Å²) in [4.78, 5) is 15.2. The summed E-state index contributed by atoms with van der Waals surface area (Å²) in [7, 11) is -1.93. The number of rotatable bonds is 5. The molecule has 0 radical (unpaired) electrons. The molecule has 3 aromatic rings. The molecule has 1 atom stereocenters. The molecule has 0 amide bonds. The van der Waals surface area contributed by atoms with E-state index in [2.05, 4.69) is 20.3 Å². The average Bonchev–Trinajstić information content (AvgIpc) is 3.01. The number of fused-ring (bicyclic) bond motifs is 1. The van der Waals surface area contributed by atoms with Crippen LogP contribution in [0, 0.1) is 6.92 Å². The van der Waals surface area contributed by atoms with Crippen molar-refractivity contribution in [2.75, 3.05) is 17.3 Å². The first kappa shape index (κ1) is 20.9. The van der Waals surface area contributed by atoms with E-state index in [1.54, 1.807) is 31.3 Å². The Morgan fingerprint density at radius 3 is 2.61 bits per heavy atom. The van der Waals surface area contributed by atoms with Crippen LogP contribution in [-0.4, -0.2) is 31.6 Å². The molecule has 0 aliphatic carbocycles. The molecular weight excluding hydrogens is 414 g/mol. The largest absolute Gasteiger partial charge is 0.329 e. The molecule has 5 N–H and O–H groups in total. The van der Waals surface area contributed by atoms with Crippen LogP contribution >= 0.6 is 0 Å². The van der Waals surface area contributed by atoms with Crippen molar-refractivity contribution in [3.8, 4) is 0 Å². The van der Waals surface area contributed by atoms with Crippen molar-refractivity contribution in [2.45, 2.75) is 24.9 Å². The maximum Gasteiger partial charge on any atom is 0.238 e. The number of primary sulfonamides is 1.